The summed E-state index contributed by atoms with van der Waals surface area (Å²) in [6.07, 6.45) is 0.822. The number of benzene rings is 1. The van der Waals surface area contributed by atoms with Crippen molar-refractivity contribution in [1.82, 2.24) is 20.9 Å². The summed E-state index contributed by atoms with van der Waals surface area (Å²) in [7, 11) is 0. The van der Waals surface area contributed by atoms with Crippen LogP contribution in [0.25, 0.3) is 0 Å². The number of pyridine rings is 1. The number of piperidine rings is 1. The molecule has 1 aromatic heterocycles. The number of nitrogens with one attached hydrogen (secondary N) is 3. The molecule has 3 rings (SSSR count). The third-order valence-corrected chi connectivity index (χ3v) is 8.93. The van der Waals surface area contributed by atoms with Gasteiger partial charge >= 0.3 is 12.1 Å². The first-order valence-electron chi connectivity index (χ1n) is 15.5. The Morgan fingerprint density at radius 1 is 1.07 bits per heavy atom. The maximum atomic E-state index is 14.4. The highest BCUT2D eigenvalue weighted by atomic mass is 32.2. The molecule has 1 aromatic carbocycles. The SMILES string of the molecule is CCc1c(C#N)c(OC(=O)C(NC(=O)OC(C)(C)C)(C(C)C)C2CCNCC2)nc(SCc2ccc(CNC(C)=O)cc2)c1C#N. The van der Waals surface area contributed by atoms with E-state index in [0.717, 1.165) is 11.1 Å². The Balaban J connectivity index is 2.01. The van der Waals surface area contributed by atoms with Gasteiger partial charge in [0.05, 0.1) is 5.56 Å². The van der Waals surface area contributed by atoms with Crippen LogP contribution >= 0.6 is 11.8 Å². The summed E-state index contributed by atoms with van der Waals surface area (Å²) in [6.45, 7) is 14.0. The van der Waals surface area contributed by atoms with Gasteiger partial charge < -0.3 is 25.4 Å². The van der Waals surface area contributed by atoms with E-state index < -0.39 is 29.1 Å². The lowest BCUT2D eigenvalue weighted by atomic mass is 9.71. The second-order valence-corrected chi connectivity index (χ2v) is 13.6. The number of thioether (sulfide) groups is 1. The lowest BCUT2D eigenvalue weighted by Gasteiger charge is -2.43. The highest BCUT2D eigenvalue weighted by Crippen LogP contribution is 2.37. The van der Waals surface area contributed by atoms with Crippen molar-refractivity contribution in [2.45, 2.75) is 96.2 Å². The van der Waals surface area contributed by atoms with Crippen LogP contribution in [0, 0.1) is 34.5 Å². The van der Waals surface area contributed by atoms with Gasteiger partial charge in [-0.25, -0.2) is 14.6 Å². The first-order chi connectivity index (χ1) is 21.7. The minimum Gasteiger partial charge on any atom is -0.444 e. The van der Waals surface area contributed by atoms with Crippen LogP contribution in [0.15, 0.2) is 29.3 Å². The number of amides is 2. The summed E-state index contributed by atoms with van der Waals surface area (Å²) in [5.41, 5.74) is 0.351. The third-order valence-electron chi connectivity index (χ3n) is 7.88. The third kappa shape index (κ3) is 8.99. The molecular weight excluding hydrogens is 604 g/mol. The van der Waals surface area contributed by atoms with E-state index in [9.17, 15) is 24.9 Å². The van der Waals surface area contributed by atoms with Crippen molar-refractivity contribution in [1.29, 1.82) is 10.5 Å². The zero-order valence-corrected chi connectivity index (χ0v) is 28.5. The van der Waals surface area contributed by atoms with Gasteiger partial charge in [-0.2, -0.15) is 10.5 Å². The molecule has 1 aliphatic heterocycles. The molecule has 46 heavy (non-hydrogen) atoms. The van der Waals surface area contributed by atoms with Crippen molar-refractivity contribution in [2.75, 3.05) is 13.1 Å². The van der Waals surface area contributed by atoms with Gasteiger partial charge in [-0.1, -0.05) is 45.0 Å². The first-order valence-corrected chi connectivity index (χ1v) is 16.5. The molecule has 1 fully saturated rings. The van der Waals surface area contributed by atoms with E-state index >= 15 is 0 Å². The van der Waals surface area contributed by atoms with Crippen molar-refractivity contribution in [3.8, 4) is 18.0 Å². The van der Waals surface area contributed by atoms with Crippen LogP contribution in [0.2, 0.25) is 0 Å². The Hall–Kier alpha value is -4.13. The maximum Gasteiger partial charge on any atom is 0.408 e. The quantitative estimate of drug-likeness (QED) is 0.219. The summed E-state index contributed by atoms with van der Waals surface area (Å²) < 4.78 is 11.6. The van der Waals surface area contributed by atoms with Crippen LogP contribution < -0.4 is 20.7 Å². The molecule has 0 aliphatic carbocycles. The Morgan fingerprint density at radius 2 is 1.67 bits per heavy atom. The zero-order valence-electron chi connectivity index (χ0n) is 27.7. The fourth-order valence-corrected chi connectivity index (χ4v) is 6.53. The molecule has 0 bridgehead atoms. The van der Waals surface area contributed by atoms with Crippen LogP contribution in [0.5, 0.6) is 5.88 Å². The van der Waals surface area contributed by atoms with E-state index in [-0.39, 0.29) is 28.8 Å². The van der Waals surface area contributed by atoms with Gasteiger partial charge in [-0.15, -0.1) is 11.8 Å². The van der Waals surface area contributed by atoms with Crippen LogP contribution in [0.1, 0.15) is 89.1 Å². The Morgan fingerprint density at radius 3 is 2.20 bits per heavy atom. The van der Waals surface area contributed by atoms with Crippen molar-refractivity contribution in [2.24, 2.45) is 11.8 Å². The Labute approximate surface area is 275 Å². The van der Waals surface area contributed by atoms with Gasteiger partial charge in [0.15, 0.2) is 0 Å². The fraction of sp³-hybridized carbons (Fsp3) is 0.529. The average molecular weight is 649 g/mol. The molecule has 0 radical (unpaired) electrons. The van der Waals surface area contributed by atoms with E-state index in [1.165, 1.54) is 18.7 Å². The summed E-state index contributed by atoms with van der Waals surface area (Å²) in [4.78, 5) is 43.3. The second-order valence-electron chi connectivity index (χ2n) is 12.6. The minimum atomic E-state index is -1.47. The molecule has 2 amide bonds. The largest absolute Gasteiger partial charge is 0.444 e. The first kappa shape index (κ1) is 36.3. The van der Waals surface area contributed by atoms with Gasteiger partial charge in [-0.3, -0.25) is 4.79 Å². The average Bonchev–Trinajstić information content (AvgIpc) is 3.00. The molecule has 11 nitrogen and oxygen atoms in total. The molecule has 2 heterocycles. The lowest BCUT2D eigenvalue weighted by molar-refractivity contribution is -0.148. The number of carbonyl (C=O) groups is 3. The van der Waals surface area contributed by atoms with E-state index in [1.54, 1.807) is 20.8 Å². The molecule has 1 saturated heterocycles. The topological polar surface area (TPSA) is 166 Å². The van der Waals surface area contributed by atoms with Crippen molar-refractivity contribution in [3.63, 3.8) is 0 Å². The summed E-state index contributed by atoms with van der Waals surface area (Å²) in [5.74, 6) is -1.25. The number of nitriles is 2. The number of carbonyl (C=O) groups excluding carboxylic acids is 3. The Bertz CT molecular complexity index is 1500. The Kier molecular flexibility index (Phi) is 12.6. The molecule has 1 unspecified atom stereocenters. The number of hydrogen-bond donors (Lipinski definition) is 3. The molecule has 1 atom stereocenters. The maximum absolute atomic E-state index is 14.4. The monoisotopic (exact) mass is 648 g/mol. The molecule has 246 valence electrons. The van der Waals surface area contributed by atoms with Gasteiger partial charge in [0.2, 0.25) is 11.8 Å². The second kappa shape index (κ2) is 15.9. The van der Waals surface area contributed by atoms with E-state index in [1.807, 2.05) is 45.0 Å². The van der Waals surface area contributed by atoms with Gasteiger partial charge in [0.25, 0.3) is 0 Å². The lowest BCUT2D eigenvalue weighted by Crippen LogP contribution is -2.66. The van der Waals surface area contributed by atoms with Crippen molar-refractivity contribution in [3.05, 3.63) is 52.1 Å². The zero-order chi connectivity index (χ0) is 34.1. The smallest absolute Gasteiger partial charge is 0.408 e. The molecule has 1 aliphatic rings. The number of nitrogens with zero attached hydrogens (tertiary/aromatic N) is 3. The molecule has 0 saturated carbocycles. The molecule has 2 aromatic rings. The van der Waals surface area contributed by atoms with Gasteiger partial charge in [0, 0.05) is 19.2 Å². The summed E-state index contributed by atoms with van der Waals surface area (Å²) >= 11 is 1.30. The number of esters is 1. The van der Waals surface area contributed by atoms with Gasteiger partial charge in [0.1, 0.15) is 33.9 Å². The molecule has 0 spiro atoms. The highest BCUT2D eigenvalue weighted by Gasteiger charge is 2.52. The van der Waals surface area contributed by atoms with Gasteiger partial charge in [-0.05, 0) is 81.6 Å². The number of hydrogen-bond acceptors (Lipinski definition) is 10. The van der Waals surface area contributed by atoms with Crippen molar-refractivity contribution >= 4 is 29.7 Å². The normalized spacial score (nSPS) is 14.8. The van der Waals surface area contributed by atoms with Crippen LogP contribution in [-0.2, 0) is 33.0 Å². The highest BCUT2D eigenvalue weighted by molar-refractivity contribution is 7.98. The van der Waals surface area contributed by atoms with E-state index in [0.29, 0.717) is 55.2 Å². The predicted octanol–water partition coefficient (Wildman–Crippen LogP) is 5.14. The summed E-state index contributed by atoms with van der Waals surface area (Å²) in [6, 6.07) is 12.0. The van der Waals surface area contributed by atoms with Crippen LogP contribution in [0.3, 0.4) is 0 Å². The fourth-order valence-electron chi connectivity index (χ4n) is 5.57. The van der Waals surface area contributed by atoms with Crippen LogP contribution in [-0.4, -0.2) is 47.2 Å². The molecule has 3 N–H and O–H groups in total. The van der Waals surface area contributed by atoms with E-state index in [4.69, 9.17) is 9.47 Å². The standard InChI is InChI=1S/C34H44N6O5S/c1-8-26-27(17-35)29(39-30(28(26)18-36)46-20-24-11-9-23(10-12-24)19-38-22(4)41)44-31(42)34(21(2)3,25-13-15-37-16-14-25)40-32(43)45-33(5,6)7/h9-12,21,25,37H,8,13-16,19-20H2,1-7H3,(H,38,41)(H,40,43). The number of rotatable bonds is 11. The number of aromatic nitrogens is 1. The number of ether oxygens (including phenoxy) is 2. The van der Waals surface area contributed by atoms with Crippen molar-refractivity contribution < 1.29 is 23.9 Å². The van der Waals surface area contributed by atoms with Crippen LogP contribution in [0.4, 0.5) is 4.79 Å². The summed E-state index contributed by atoms with van der Waals surface area (Å²) in [5, 5.41) is 29.6. The number of alkyl carbamates (subject to hydrolysis) is 1. The molecule has 12 heteroatoms. The molecular formula is C34H44N6O5S. The van der Waals surface area contributed by atoms with E-state index in [2.05, 4.69) is 33.1 Å². The predicted molar refractivity (Wildman–Crippen MR) is 175 cm³/mol. The minimum absolute atomic E-state index is 0.0132.